The third-order valence-corrected chi connectivity index (χ3v) is 6.14. The number of carbonyl (C=O) groups excluding carboxylic acids is 4. The van der Waals surface area contributed by atoms with E-state index in [1.165, 1.54) is 0 Å². The van der Waals surface area contributed by atoms with Crippen LogP contribution >= 0.6 is 0 Å². The van der Waals surface area contributed by atoms with Crippen LogP contribution in [0, 0.1) is 35.5 Å². The number of terminal acetylenes is 2. The van der Waals surface area contributed by atoms with E-state index in [0.29, 0.717) is 12.8 Å². The Kier molecular flexibility index (Phi) is 16.2. The molecule has 0 N–H and O–H groups in total. The maximum atomic E-state index is 12.7. The molecule has 210 valence electrons. The van der Waals surface area contributed by atoms with Crippen LogP contribution in [0.25, 0.3) is 0 Å². The molecule has 8 nitrogen and oxygen atoms in total. The van der Waals surface area contributed by atoms with Crippen LogP contribution < -0.4 is 0 Å². The molecule has 0 heterocycles. The van der Waals surface area contributed by atoms with Gasteiger partial charge in [-0.1, -0.05) is 23.3 Å². The molecule has 0 aromatic heterocycles. The quantitative estimate of drug-likeness (QED) is 0.0875. The van der Waals surface area contributed by atoms with Crippen molar-refractivity contribution in [3.8, 4) is 24.7 Å². The standard InChI is InChI=1S/C30H42O8/c1-9-19-29(25(31)35-11-3,26(32)36-12-4)21-15-17-23(7)24(8)18-16-22-30(20-10-2,27(33)37-13-5)28(34)38-14-6/h1-2,17-18H,11-16,19-22H2,3-8H3/b23-17+,24-18+. The fraction of sp³-hybridized carbons (Fsp3) is 0.600. The van der Waals surface area contributed by atoms with Crippen molar-refractivity contribution in [2.45, 2.75) is 80.1 Å². The van der Waals surface area contributed by atoms with Crippen molar-refractivity contribution in [2.75, 3.05) is 26.4 Å². The van der Waals surface area contributed by atoms with E-state index in [4.69, 9.17) is 31.8 Å². The first kappa shape index (κ1) is 34.5. The Morgan fingerprint density at radius 3 is 1.08 bits per heavy atom. The molecule has 0 aliphatic carbocycles. The summed E-state index contributed by atoms with van der Waals surface area (Å²) in [5.74, 6) is 2.04. The van der Waals surface area contributed by atoms with Gasteiger partial charge in [0.1, 0.15) is 0 Å². The Bertz CT molecular complexity index is 844. The van der Waals surface area contributed by atoms with E-state index in [9.17, 15) is 19.2 Å². The average molecular weight is 531 g/mol. The van der Waals surface area contributed by atoms with Gasteiger partial charge in [-0.2, -0.15) is 0 Å². The van der Waals surface area contributed by atoms with Gasteiger partial charge in [-0.25, -0.2) is 0 Å². The third kappa shape index (κ3) is 9.41. The molecule has 0 aliphatic heterocycles. The van der Waals surface area contributed by atoms with Gasteiger partial charge in [0.15, 0.2) is 10.8 Å². The Morgan fingerprint density at radius 2 is 0.868 bits per heavy atom. The van der Waals surface area contributed by atoms with Crippen LogP contribution in [-0.2, 0) is 38.1 Å². The van der Waals surface area contributed by atoms with Crippen LogP contribution in [0.5, 0.6) is 0 Å². The first-order chi connectivity index (χ1) is 18.1. The fourth-order valence-electron chi connectivity index (χ4n) is 3.86. The van der Waals surface area contributed by atoms with Gasteiger partial charge in [0, 0.05) is 12.8 Å². The molecule has 0 fully saturated rings. The van der Waals surface area contributed by atoms with Gasteiger partial charge in [-0.05, 0) is 67.2 Å². The molecule has 38 heavy (non-hydrogen) atoms. The van der Waals surface area contributed by atoms with Crippen LogP contribution in [0.4, 0.5) is 0 Å². The van der Waals surface area contributed by atoms with Gasteiger partial charge >= 0.3 is 23.9 Å². The highest BCUT2D eigenvalue weighted by atomic mass is 16.6. The molecular weight excluding hydrogens is 488 g/mol. The molecule has 0 rings (SSSR count). The summed E-state index contributed by atoms with van der Waals surface area (Å²) < 4.78 is 20.6. The normalized spacial score (nSPS) is 12.1. The summed E-state index contributed by atoms with van der Waals surface area (Å²) in [7, 11) is 0. The summed E-state index contributed by atoms with van der Waals surface area (Å²) in [6, 6.07) is 0. The lowest BCUT2D eigenvalue weighted by Crippen LogP contribution is -2.42. The molecule has 0 aliphatic rings. The molecule has 0 spiro atoms. The molecule has 8 heteroatoms. The predicted molar refractivity (Wildman–Crippen MR) is 144 cm³/mol. The van der Waals surface area contributed by atoms with E-state index in [1.54, 1.807) is 27.7 Å². The molecule has 0 radical (unpaired) electrons. The number of ether oxygens (including phenoxy) is 4. The van der Waals surface area contributed by atoms with Crippen molar-refractivity contribution < 1.29 is 38.1 Å². The fourth-order valence-corrected chi connectivity index (χ4v) is 3.86. The second-order valence-corrected chi connectivity index (χ2v) is 8.66. The minimum absolute atomic E-state index is 0.111. The van der Waals surface area contributed by atoms with E-state index in [-0.39, 0.29) is 52.1 Å². The number of carbonyl (C=O) groups is 4. The minimum Gasteiger partial charge on any atom is -0.465 e. The van der Waals surface area contributed by atoms with Crippen molar-refractivity contribution in [1.82, 2.24) is 0 Å². The smallest absolute Gasteiger partial charge is 0.324 e. The molecule has 0 saturated heterocycles. The lowest BCUT2D eigenvalue weighted by atomic mass is 9.79. The zero-order valence-electron chi connectivity index (χ0n) is 23.6. The van der Waals surface area contributed by atoms with Crippen LogP contribution in [-0.4, -0.2) is 50.3 Å². The van der Waals surface area contributed by atoms with Gasteiger partial charge in [0.05, 0.1) is 26.4 Å². The third-order valence-electron chi connectivity index (χ3n) is 6.14. The van der Waals surface area contributed by atoms with Gasteiger partial charge in [0.25, 0.3) is 0 Å². The van der Waals surface area contributed by atoms with Crippen LogP contribution in [0.1, 0.15) is 80.1 Å². The first-order valence-corrected chi connectivity index (χ1v) is 13.0. The second-order valence-electron chi connectivity index (χ2n) is 8.66. The van der Waals surface area contributed by atoms with Gasteiger partial charge in [-0.15, -0.1) is 24.7 Å². The topological polar surface area (TPSA) is 105 Å². The maximum Gasteiger partial charge on any atom is 0.324 e. The van der Waals surface area contributed by atoms with E-state index >= 15 is 0 Å². The Labute approximate surface area is 227 Å². The monoisotopic (exact) mass is 530 g/mol. The summed E-state index contributed by atoms with van der Waals surface area (Å²) in [5, 5.41) is 0. The lowest BCUT2D eigenvalue weighted by molar-refractivity contribution is -0.174. The summed E-state index contributed by atoms with van der Waals surface area (Å²) in [6.07, 6.45) is 15.5. The summed E-state index contributed by atoms with van der Waals surface area (Å²) in [4.78, 5) is 50.9. The molecule has 0 aromatic rings. The van der Waals surface area contributed by atoms with E-state index in [1.807, 2.05) is 26.0 Å². The highest BCUT2D eigenvalue weighted by Crippen LogP contribution is 2.34. The number of rotatable bonds is 17. The van der Waals surface area contributed by atoms with Crippen molar-refractivity contribution >= 4 is 23.9 Å². The number of esters is 4. The molecule has 0 amide bonds. The molecule has 0 atom stereocenters. The summed E-state index contributed by atoms with van der Waals surface area (Å²) >= 11 is 0. The minimum atomic E-state index is -1.58. The molecule has 0 bridgehead atoms. The number of allylic oxidation sites excluding steroid dienone is 4. The average Bonchev–Trinajstić information content (AvgIpc) is 2.87. The number of hydrogen-bond donors (Lipinski definition) is 0. The Hall–Kier alpha value is -3.52. The summed E-state index contributed by atoms with van der Waals surface area (Å²) in [6.45, 7) is 10.8. The number of hydrogen-bond acceptors (Lipinski definition) is 8. The molecule has 0 unspecified atom stereocenters. The molecule has 0 saturated carbocycles. The van der Waals surface area contributed by atoms with Gasteiger partial charge in [-0.3, -0.25) is 19.2 Å². The van der Waals surface area contributed by atoms with Crippen molar-refractivity contribution in [2.24, 2.45) is 10.8 Å². The van der Waals surface area contributed by atoms with E-state index in [0.717, 1.165) is 11.1 Å². The van der Waals surface area contributed by atoms with Gasteiger partial charge < -0.3 is 18.9 Å². The SMILES string of the molecule is C#CCC(CC/C=C(C)/C(C)=C/CCC(CC#C)(C(=O)OCC)C(=O)OCC)(C(=O)OCC)C(=O)OCC. The molecular formula is C30H42O8. The Morgan fingerprint density at radius 1 is 0.605 bits per heavy atom. The predicted octanol–water partition coefficient (Wildman–Crippen LogP) is 4.71. The lowest BCUT2D eigenvalue weighted by Gasteiger charge is -2.27. The maximum absolute atomic E-state index is 12.7. The second kappa shape index (κ2) is 17.9. The largest absolute Gasteiger partial charge is 0.465 e. The zero-order chi connectivity index (χ0) is 29.2. The van der Waals surface area contributed by atoms with Crippen LogP contribution in [0.2, 0.25) is 0 Å². The highest BCUT2D eigenvalue weighted by molar-refractivity contribution is 6.01. The van der Waals surface area contributed by atoms with Gasteiger partial charge in [0.2, 0.25) is 0 Å². The zero-order valence-corrected chi connectivity index (χ0v) is 23.6. The van der Waals surface area contributed by atoms with Crippen molar-refractivity contribution in [3.05, 3.63) is 23.3 Å². The van der Waals surface area contributed by atoms with Crippen LogP contribution in [0.3, 0.4) is 0 Å². The highest BCUT2D eigenvalue weighted by Gasteiger charge is 2.48. The van der Waals surface area contributed by atoms with Crippen molar-refractivity contribution in [1.29, 1.82) is 0 Å². The summed E-state index contributed by atoms with van der Waals surface area (Å²) in [5.41, 5.74) is -1.38. The molecule has 0 aromatic carbocycles. The van der Waals surface area contributed by atoms with E-state index in [2.05, 4.69) is 11.8 Å². The van der Waals surface area contributed by atoms with Crippen LogP contribution in [0.15, 0.2) is 23.3 Å². The van der Waals surface area contributed by atoms with Crippen molar-refractivity contribution in [3.63, 3.8) is 0 Å². The van der Waals surface area contributed by atoms with E-state index < -0.39 is 34.7 Å². The Balaban J connectivity index is 5.78. The first-order valence-electron chi connectivity index (χ1n) is 13.0.